The first-order valence-corrected chi connectivity index (χ1v) is 9.86. The fraction of sp³-hybridized carbons (Fsp3) is 0.600. The van der Waals surface area contributed by atoms with Crippen molar-refractivity contribution in [1.82, 2.24) is 14.7 Å². The van der Waals surface area contributed by atoms with Gasteiger partial charge < -0.3 is 21.3 Å². The number of carbonyl (C=O) groups is 2. The third kappa shape index (κ3) is 7.28. The van der Waals surface area contributed by atoms with Crippen molar-refractivity contribution in [3.63, 3.8) is 0 Å². The molecule has 27 heavy (non-hydrogen) atoms. The quantitative estimate of drug-likeness (QED) is 0.786. The van der Waals surface area contributed by atoms with E-state index in [1.165, 1.54) is 12.0 Å². The van der Waals surface area contributed by atoms with Crippen LogP contribution in [0.2, 0.25) is 0 Å². The molecule has 7 heteroatoms. The summed E-state index contributed by atoms with van der Waals surface area (Å²) in [7, 11) is 0. The summed E-state index contributed by atoms with van der Waals surface area (Å²) < 4.78 is 0. The van der Waals surface area contributed by atoms with Gasteiger partial charge in [-0.3, -0.25) is 14.5 Å². The van der Waals surface area contributed by atoms with Crippen LogP contribution in [0.25, 0.3) is 0 Å². The molecule has 0 atom stereocenters. The summed E-state index contributed by atoms with van der Waals surface area (Å²) in [5, 5.41) is 0. The Labute approximate surface area is 162 Å². The molecule has 2 fully saturated rings. The van der Waals surface area contributed by atoms with Crippen LogP contribution in [-0.2, 0) is 16.1 Å². The molecule has 2 amide bonds. The van der Waals surface area contributed by atoms with E-state index in [1.54, 1.807) is 0 Å². The molecular formula is C20H33N5O2. The fourth-order valence-electron chi connectivity index (χ4n) is 3.40. The summed E-state index contributed by atoms with van der Waals surface area (Å²) in [6, 6.07) is 10.4. The van der Waals surface area contributed by atoms with Crippen molar-refractivity contribution >= 4 is 11.8 Å². The number of benzene rings is 1. The minimum absolute atomic E-state index is 0.0596. The first-order chi connectivity index (χ1) is 13.1. The Morgan fingerprint density at radius 3 is 1.78 bits per heavy atom. The van der Waals surface area contributed by atoms with E-state index >= 15 is 0 Å². The Morgan fingerprint density at radius 1 is 0.741 bits per heavy atom. The zero-order valence-electron chi connectivity index (χ0n) is 16.2. The van der Waals surface area contributed by atoms with Crippen LogP contribution in [0.3, 0.4) is 0 Å². The minimum atomic E-state index is 0.0596. The van der Waals surface area contributed by atoms with Gasteiger partial charge in [0.15, 0.2) is 0 Å². The number of rotatable bonds is 4. The minimum Gasteiger partial charge on any atom is -0.342 e. The van der Waals surface area contributed by atoms with Gasteiger partial charge in [0.25, 0.3) is 0 Å². The standard InChI is InChI=1S/C13H19N3O.C7H14N2O/c14-10-13(17)16-8-6-15(7-9-16)11-12-4-2-1-3-5-12;8-6-7(10)9-4-2-1-3-5-9/h1-5H,6-11,14H2;1-6,8H2. The Kier molecular flexibility index (Phi) is 9.24. The number of hydrogen-bond acceptors (Lipinski definition) is 5. The van der Waals surface area contributed by atoms with Crippen LogP contribution in [0.1, 0.15) is 24.8 Å². The lowest BCUT2D eigenvalue weighted by atomic mass is 10.1. The largest absolute Gasteiger partial charge is 0.342 e. The summed E-state index contributed by atoms with van der Waals surface area (Å²) in [6.45, 7) is 6.53. The maximum atomic E-state index is 11.4. The van der Waals surface area contributed by atoms with Crippen LogP contribution < -0.4 is 11.5 Å². The molecule has 1 aromatic rings. The van der Waals surface area contributed by atoms with Gasteiger partial charge in [-0.2, -0.15) is 0 Å². The fourth-order valence-corrected chi connectivity index (χ4v) is 3.40. The highest BCUT2D eigenvalue weighted by molar-refractivity contribution is 5.78. The molecule has 7 nitrogen and oxygen atoms in total. The van der Waals surface area contributed by atoms with E-state index in [-0.39, 0.29) is 24.9 Å². The molecule has 0 aliphatic carbocycles. The molecule has 4 N–H and O–H groups in total. The molecule has 0 spiro atoms. The molecule has 3 rings (SSSR count). The molecule has 150 valence electrons. The third-order valence-corrected chi connectivity index (χ3v) is 5.03. The van der Waals surface area contributed by atoms with Gasteiger partial charge in [0.2, 0.25) is 11.8 Å². The van der Waals surface area contributed by atoms with Gasteiger partial charge >= 0.3 is 0 Å². The zero-order chi connectivity index (χ0) is 19.5. The van der Waals surface area contributed by atoms with Crippen LogP contribution in [0.4, 0.5) is 0 Å². The number of amides is 2. The number of piperazine rings is 1. The van der Waals surface area contributed by atoms with Gasteiger partial charge in [-0.15, -0.1) is 0 Å². The van der Waals surface area contributed by atoms with E-state index in [0.717, 1.165) is 58.7 Å². The second kappa shape index (κ2) is 11.7. The lowest BCUT2D eigenvalue weighted by molar-refractivity contribution is -0.131. The highest BCUT2D eigenvalue weighted by Gasteiger charge is 2.19. The topological polar surface area (TPSA) is 95.9 Å². The van der Waals surface area contributed by atoms with E-state index in [1.807, 2.05) is 15.9 Å². The monoisotopic (exact) mass is 375 g/mol. The maximum absolute atomic E-state index is 11.4. The number of carbonyl (C=O) groups excluding carboxylic acids is 2. The second-order valence-electron chi connectivity index (χ2n) is 6.99. The molecule has 2 saturated heterocycles. The summed E-state index contributed by atoms with van der Waals surface area (Å²) in [5.41, 5.74) is 11.9. The average Bonchev–Trinajstić information content (AvgIpc) is 2.75. The Bertz CT molecular complexity index is 567. The molecule has 2 aliphatic rings. The van der Waals surface area contributed by atoms with Crippen LogP contribution in [0, 0.1) is 0 Å². The van der Waals surface area contributed by atoms with E-state index in [2.05, 4.69) is 29.2 Å². The lowest BCUT2D eigenvalue weighted by Gasteiger charge is -2.34. The van der Waals surface area contributed by atoms with Crippen molar-refractivity contribution in [2.75, 3.05) is 52.4 Å². The number of nitrogens with zero attached hydrogens (tertiary/aromatic N) is 3. The Balaban J connectivity index is 0.000000223. The molecule has 1 aromatic carbocycles. The van der Waals surface area contributed by atoms with Gasteiger partial charge in [-0.25, -0.2) is 0 Å². The van der Waals surface area contributed by atoms with Gasteiger partial charge in [0, 0.05) is 45.8 Å². The van der Waals surface area contributed by atoms with Gasteiger partial charge in [0.05, 0.1) is 13.1 Å². The van der Waals surface area contributed by atoms with Crippen LogP contribution in [-0.4, -0.2) is 78.9 Å². The smallest absolute Gasteiger partial charge is 0.236 e. The normalized spacial score (nSPS) is 17.9. The predicted octanol–water partition coefficient (Wildman–Crippen LogP) is 0.247. The molecule has 0 saturated carbocycles. The molecule has 0 aromatic heterocycles. The summed E-state index contributed by atoms with van der Waals surface area (Å²) in [5.74, 6) is 0.157. The van der Waals surface area contributed by atoms with E-state index in [9.17, 15) is 9.59 Å². The van der Waals surface area contributed by atoms with Crippen LogP contribution in [0.15, 0.2) is 30.3 Å². The van der Waals surface area contributed by atoms with Gasteiger partial charge in [0.1, 0.15) is 0 Å². The highest BCUT2D eigenvalue weighted by atomic mass is 16.2. The van der Waals surface area contributed by atoms with Crippen molar-refractivity contribution in [1.29, 1.82) is 0 Å². The molecular weight excluding hydrogens is 342 g/mol. The molecule has 2 heterocycles. The number of likely N-dealkylation sites (tertiary alicyclic amines) is 1. The number of nitrogens with two attached hydrogens (primary N) is 2. The van der Waals surface area contributed by atoms with E-state index in [4.69, 9.17) is 11.5 Å². The van der Waals surface area contributed by atoms with Crippen molar-refractivity contribution in [3.8, 4) is 0 Å². The van der Waals surface area contributed by atoms with Crippen LogP contribution >= 0.6 is 0 Å². The molecule has 0 radical (unpaired) electrons. The average molecular weight is 376 g/mol. The van der Waals surface area contributed by atoms with Gasteiger partial charge in [-0.05, 0) is 24.8 Å². The van der Waals surface area contributed by atoms with Crippen LogP contribution in [0.5, 0.6) is 0 Å². The van der Waals surface area contributed by atoms with E-state index in [0.29, 0.717) is 0 Å². The molecule has 2 aliphatic heterocycles. The first-order valence-electron chi connectivity index (χ1n) is 9.86. The predicted molar refractivity (Wildman–Crippen MR) is 107 cm³/mol. The number of hydrogen-bond donors (Lipinski definition) is 2. The molecule has 0 unspecified atom stereocenters. The highest BCUT2D eigenvalue weighted by Crippen LogP contribution is 2.08. The first kappa shape index (κ1) is 21.3. The second-order valence-corrected chi connectivity index (χ2v) is 6.99. The number of piperidine rings is 1. The van der Waals surface area contributed by atoms with Crippen molar-refractivity contribution in [2.45, 2.75) is 25.8 Å². The zero-order valence-corrected chi connectivity index (χ0v) is 16.2. The van der Waals surface area contributed by atoms with Crippen molar-refractivity contribution in [3.05, 3.63) is 35.9 Å². The Morgan fingerprint density at radius 2 is 1.26 bits per heavy atom. The maximum Gasteiger partial charge on any atom is 0.236 e. The van der Waals surface area contributed by atoms with Crippen molar-refractivity contribution in [2.24, 2.45) is 11.5 Å². The lowest BCUT2D eigenvalue weighted by Crippen LogP contribution is -2.49. The molecule has 0 bridgehead atoms. The summed E-state index contributed by atoms with van der Waals surface area (Å²) >= 11 is 0. The van der Waals surface area contributed by atoms with Gasteiger partial charge in [-0.1, -0.05) is 30.3 Å². The summed E-state index contributed by atoms with van der Waals surface area (Å²) in [4.78, 5) is 28.5. The van der Waals surface area contributed by atoms with E-state index < -0.39 is 0 Å². The summed E-state index contributed by atoms with van der Waals surface area (Å²) in [6.07, 6.45) is 3.55. The third-order valence-electron chi connectivity index (χ3n) is 5.03. The van der Waals surface area contributed by atoms with Crippen molar-refractivity contribution < 1.29 is 9.59 Å². The Hall–Kier alpha value is -1.96. The SMILES string of the molecule is NCC(=O)N1CCCCC1.NCC(=O)N1CCN(Cc2ccccc2)CC1.